The molecule has 3 rings (SSSR count). The minimum Gasteiger partial charge on any atom is -0.504 e. The summed E-state index contributed by atoms with van der Waals surface area (Å²) in [7, 11) is 0. The molecule has 2 aliphatic rings. The van der Waals surface area contributed by atoms with Gasteiger partial charge in [-0.05, 0) is 42.4 Å². The van der Waals surface area contributed by atoms with Crippen LogP contribution in [-0.2, 0) is 0 Å². The molecule has 0 spiro atoms. The lowest BCUT2D eigenvalue weighted by Gasteiger charge is -2.16. The van der Waals surface area contributed by atoms with Crippen LogP contribution in [0.3, 0.4) is 0 Å². The van der Waals surface area contributed by atoms with Crippen molar-refractivity contribution in [3.8, 4) is 5.75 Å². The van der Waals surface area contributed by atoms with E-state index in [-0.39, 0.29) is 11.3 Å². The van der Waals surface area contributed by atoms with Crippen LogP contribution < -0.4 is 10.9 Å². The molecule has 102 valence electrons. The molecular weight excluding hydrogens is 252 g/mol. The van der Waals surface area contributed by atoms with Crippen LogP contribution in [0, 0.1) is 5.92 Å². The molecule has 0 heterocycles. The maximum Gasteiger partial charge on any atom is 0.268 e. The van der Waals surface area contributed by atoms with Crippen LogP contribution in [0.4, 0.5) is 0 Å². The maximum absolute atomic E-state index is 11.4. The molecular formula is C17H16O3. The summed E-state index contributed by atoms with van der Waals surface area (Å²) in [5, 5.41) is 9.47. The van der Waals surface area contributed by atoms with Gasteiger partial charge in [-0.15, -0.1) is 0 Å². The highest BCUT2D eigenvalue weighted by Crippen LogP contribution is 2.35. The quantitative estimate of drug-likeness (QED) is 0.839. The zero-order chi connectivity index (χ0) is 14.4. The molecule has 3 heteroatoms. The zero-order valence-electron chi connectivity index (χ0n) is 11.6. The number of rotatable bonds is 2. The van der Waals surface area contributed by atoms with Crippen molar-refractivity contribution in [1.82, 2.24) is 0 Å². The third-order valence-corrected chi connectivity index (χ3v) is 4.26. The van der Waals surface area contributed by atoms with E-state index in [0.29, 0.717) is 12.3 Å². The Labute approximate surface area is 117 Å². The van der Waals surface area contributed by atoms with Crippen LogP contribution in [0.2, 0.25) is 0 Å². The van der Waals surface area contributed by atoms with E-state index in [2.05, 4.69) is 26.0 Å². The van der Waals surface area contributed by atoms with Gasteiger partial charge in [0.15, 0.2) is 5.75 Å². The van der Waals surface area contributed by atoms with Gasteiger partial charge in [-0.1, -0.05) is 36.8 Å². The van der Waals surface area contributed by atoms with Crippen molar-refractivity contribution in [1.29, 1.82) is 0 Å². The first-order valence-electron chi connectivity index (χ1n) is 6.82. The molecule has 0 saturated carbocycles. The van der Waals surface area contributed by atoms with E-state index >= 15 is 0 Å². The normalized spacial score (nSPS) is 22.4. The monoisotopic (exact) mass is 268 g/mol. The van der Waals surface area contributed by atoms with Gasteiger partial charge in [0.1, 0.15) is 0 Å². The highest BCUT2D eigenvalue weighted by Gasteiger charge is 2.25. The molecule has 0 aromatic heterocycles. The first-order chi connectivity index (χ1) is 9.49. The smallest absolute Gasteiger partial charge is 0.268 e. The molecule has 3 nitrogen and oxygen atoms in total. The lowest BCUT2D eigenvalue weighted by atomic mass is 9.88. The van der Waals surface area contributed by atoms with Gasteiger partial charge in [0.2, 0.25) is 5.43 Å². The summed E-state index contributed by atoms with van der Waals surface area (Å²) >= 11 is 0. The van der Waals surface area contributed by atoms with Gasteiger partial charge < -0.3 is 5.11 Å². The Kier molecular flexibility index (Phi) is 2.85. The van der Waals surface area contributed by atoms with E-state index in [1.807, 2.05) is 12.2 Å². The van der Waals surface area contributed by atoms with Gasteiger partial charge in [-0.2, -0.15) is 0 Å². The Balaban J connectivity index is 1.90. The first-order valence-corrected chi connectivity index (χ1v) is 6.82. The van der Waals surface area contributed by atoms with Crippen LogP contribution in [0.1, 0.15) is 32.3 Å². The molecule has 1 aromatic carbocycles. The number of hydrogen-bond acceptors (Lipinski definition) is 3. The summed E-state index contributed by atoms with van der Waals surface area (Å²) in [4.78, 5) is 22.5. The minimum atomic E-state index is -0.762. The third kappa shape index (κ3) is 1.82. The van der Waals surface area contributed by atoms with Gasteiger partial charge in [-0.3, -0.25) is 9.59 Å². The van der Waals surface area contributed by atoms with Crippen molar-refractivity contribution >= 4 is 5.57 Å². The maximum atomic E-state index is 11.4. The SMILES string of the molecule is CC1=CC(C2=CC=C(c3c(O)c(=O)c3=O)CC2)=CC1C. The fraction of sp³-hybridized carbons (Fsp3) is 0.294. The molecule has 20 heavy (non-hydrogen) atoms. The highest BCUT2D eigenvalue weighted by atomic mass is 16.3. The van der Waals surface area contributed by atoms with E-state index in [4.69, 9.17) is 0 Å². The van der Waals surface area contributed by atoms with Crippen LogP contribution in [0.15, 0.2) is 50.6 Å². The second kappa shape index (κ2) is 4.44. The fourth-order valence-electron chi connectivity index (χ4n) is 2.79. The summed E-state index contributed by atoms with van der Waals surface area (Å²) in [6.07, 6.45) is 9.79. The van der Waals surface area contributed by atoms with Gasteiger partial charge >= 0.3 is 0 Å². The highest BCUT2D eigenvalue weighted by molar-refractivity contribution is 5.75. The molecule has 0 saturated heterocycles. The van der Waals surface area contributed by atoms with E-state index in [1.54, 1.807) is 0 Å². The summed E-state index contributed by atoms with van der Waals surface area (Å²) in [6, 6.07) is 0. The predicted molar refractivity (Wildman–Crippen MR) is 79.3 cm³/mol. The summed E-state index contributed by atoms with van der Waals surface area (Å²) in [5.74, 6) is 0.108. The Morgan fingerprint density at radius 2 is 1.75 bits per heavy atom. The van der Waals surface area contributed by atoms with E-state index in [9.17, 15) is 14.7 Å². The van der Waals surface area contributed by atoms with Crippen LogP contribution in [-0.4, -0.2) is 5.11 Å². The van der Waals surface area contributed by atoms with Gasteiger partial charge in [-0.25, -0.2) is 0 Å². The zero-order valence-corrected chi connectivity index (χ0v) is 11.6. The lowest BCUT2D eigenvalue weighted by Crippen LogP contribution is -2.34. The Morgan fingerprint density at radius 1 is 1.10 bits per heavy atom. The largest absolute Gasteiger partial charge is 0.504 e. The van der Waals surface area contributed by atoms with Gasteiger partial charge in [0.25, 0.3) is 5.43 Å². The van der Waals surface area contributed by atoms with Crippen molar-refractivity contribution in [3.05, 3.63) is 67.0 Å². The second-order valence-electron chi connectivity index (χ2n) is 5.56. The summed E-state index contributed by atoms with van der Waals surface area (Å²) in [5.41, 5.74) is 3.51. The van der Waals surface area contributed by atoms with Crippen LogP contribution in [0.25, 0.3) is 5.57 Å². The number of hydrogen-bond donors (Lipinski definition) is 1. The second-order valence-corrected chi connectivity index (χ2v) is 5.56. The number of aromatic hydroxyl groups is 1. The third-order valence-electron chi connectivity index (χ3n) is 4.26. The van der Waals surface area contributed by atoms with E-state index in [0.717, 1.165) is 12.0 Å². The molecule has 0 aliphatic heterocycles. The molecule has 0 bridgehead atoms. The predicted octanol–water partition coefficient (Wildman–Crippen LogP) is 2.61. The fourth-order valence-corrected chi connectivity index (χ4v) is 2.79. The number of allylic oxidation sites excluding steroid dienone is 8. The van der Waals surface area contributed by atoms with Gasteiger partial charge in [0.05, 0.1) is 5.56 Å². The van der Waals surface area contributed by atoms with Crippen molar-refractivity contribution in [2.75, 3.05) is 0 Å². The Bertz CT molecular complexity index is 778. The van der Waals surface area contributed by atoms with Crippen molar-refractivity contribution in [2.45, 2.75) is 26.7 Å². The topological polar surface area (TPSA) is 54.4 Å². The molecule has 0 radical (unpaired) electrons. The average Bonchev–Trinajstić information content (AvgIpc) is 2.79. The summed E-state index contributed by atoms with van der Waals surface area (Å²) < 4.78 is 0. The molecule has 1 unspecified atom stereocenters. The molecule has 1 atom stereocenters. The molecule has 1 N–H and O–H groups in total. The van der Waals surface area contributed by atoms with Crippen LogP contribution >= 0.6 is 0 Å². The average molecular weight is 268 g/mol. The molecule has 2 aliphatic carbocycles. The minimum absolute atomic E-state index is 0.214. The van der Waals surface area contributed by atoms with Gasteiger partial charge in [0, 0.05) is 0 Å². The van der Waals surface area contributed by atoms with Crippen molar-refractivity contribution < 1.29 is 5.11 Å². The summed E-state index contributed by atoms with van der Waals surface area (Å²) in [6.45, 7) is 4.30. The Morgan fingerprint density at radius 3 is 2.25 bits per heavy atom. The first kappa shape index (κ1) is 12.9. The molecule has 1 aromatic rings. The van der Waals surface area contributed by atoms with E-state index in [1.165, 1.54) is 16.7 Å². The van der Waals surface area contributed by atoms with Crippen molar-refractivity contribution in [3.63, 3.8) is 0 Å². The Hall–Kier alpha value is -2.16. The standard InChI is InChI=1S/C17H16O3/c1-9-7-13(8-10(9)2)11-3-5-12(6-4-11)14-15(18)17(20)16(14)19/h3,5,7-9,18H,4,6H2,1-2H3. The lowest BCUT2D eigenvalue weighted by molar-refractivity contribution is 0.460. The van der Waals surface area contributed by atoms with E-state index < -0.39 is 10.9 Å². The molecule has 0 fully saturated rings. The molecule has 0 amide bonds. The van der Waals surface area contributed by atoms with Crippen LogP contribution in [0.5, 0.6) is 5.75 Å². The van der Waals surface area contributed by atoms with Crippen molar-refractivity contribution in [2.24, 2.45) is 5.92 Å².